The van der Waals surface area contributed by atoms with Crippen LogP contribution >= 0.6 is 0 Å². The molecule has 0 aliphatic heterocycles. The molecule has 1 unspecified atom stereocenters. The maximum absolute atomic E-state index is 13.1. The van der Waals surface area contributed by atoms with Gasteiger partial charge in [0.05, 0.1) is 7.11 Å². The molecule has 0 amide bonds. The van der Waals surface area contributed by atoms with Gasteiger partial charge in [-0.25, -0.2) is 4.39 Å². The Hall–Kier alpha value is -1.09. The first-order chi connectivity index (χ1) is 6.60. The topological polar surface area (TPSA) is 29.5 Å². The second-order valence-electron chi connectivity index (χ2n) is 3.41. The Kier molecular flexibility index (Phi) is 3.47. The summed E-state index contributed by atoms with van der Waals surface area (Å²) in [5.41, 5.74) is 1.68. The van der Waals surface area contributed by atoms with Gasteiger partial charge in [0.2, 0.25) is 0 Å². The Bertz CT molecular complexity index is 323. The average molecular weight is 198 g/mol. The number of benzene rings is 1. The first kappa shape index (κ1) is 11.0. The van der Waals surface area contributed by atoms with Crippen molar-refractivity contribution < 1.29 is 14.2 Å². The molecule has 0 saturated carbocycles. The molecular weight excluding hydrogens is 183 g/mol. The van der Waals surface area contributed by atoms with Gasteiger partial charge in [0.25, 0.3) is 0 Å². The minimum Gasteiger partial charge on any atom is -0.496 e. The monoisotopic (exact) mass is 198 g/mol. The van der Waals surface area contributed by atoms with Crippen LogP contribution in [-0.2, 0) is 0 Å². The highest BCUT2D eigenvalue weighted by atomic mass is 19.1. The number of aliphatic hydroxyl groups is 1. The fraction of sp³-hybridized carbons (Fsp3) is 0.455. The van der Waals surface area contributed by atoms with Gasteiger partial charge in [-0.2, -0.15) is 0 Å². The highest BCUT2D eigenvalue weighted by Gasteiger charge is 2.12. The summed E-state index contributed by atoms with van der Waals surface area (Å²) < 4.78 is 18.2. The largest absolute Gasteiger partial charge is 0.496 e. The predicted octanol–water partition coefficient (Wildman–Crippen LogP) is 2.24. The summed E-state index contributed by atoms with van der Waals surface area (Å²) in [6.45, 7) is 3.72. The van der Waals surface area contributed by atoms with E-state index in [9.17, 15) is 4.39 Å². The molecule has 0 aliphatic carbocycles. The molecule has 3 heteroatoms. The summed E-state index contributed by atoms with van der Waals surface area (Å²) in [7, 11) is 1.51. The molecule has 0 aliphatic rings. The Balaban J connectivity index is 3.21. The summed E-state index contributed by atoms with van der Waals surface area (Å²) in [4.78, 5) is 0. The van der Waals surface area contributed by atoms with E-state index < -0.39 is 0 Å². The molecule has 0 heterocycles. The van der Waals surface area contributed by atoms with E-state index in [0.717, 1.165) is 11.1 Å². The molecular formula is C11H15FO2. The molecule has 0 aromatic heterocycles. The lowest BCUT2D eigenvalue weighted by molar-refractivity contribution is 0.272. The summed E-state index contributed by atoms with van der Waals surface area (Å²) in [5, 5.41) is 9.00. The average Bonchev–Trinajstić information content (AvgIpc) is 2.19. The molecule has 0 bridgehead atoms. The Morgan fingerprint density at radius 2 is 2.14 bits per heavy atom. The zero-order chi connectivity index (χ0) is 10.7. The number of methoxy groups -OCH3 is 1. The van der Waals surface area contributed by atoms with E-state index in [2.05, 4.69) is 0 Å². The molecule has 78 valence electrons. The first-order valence-corrected chi connectivity index (χ1v) is 4.55. The van der Waals surface area contributed by atoms with Crippen LogP contribution in [0.5, 0.6) is 5.75 Å². The van der Waals surface area contributed by atoms with E-state index >= 15 is 0 Å². The third-order valence-corrected chi connectivity index (χ3v) is 2.39. The number of ether oxygens (including phenoxy) is 1. The van der Waals surface area contributed by atoms with E-state index in [-0.39, 0.29) is 18.3 Å². The third kappa shape index (κ3) is 2.04. The Morgan fingerprint density at radius 3 is 2.64 bits per heavy atom. The molecule has 1 N–H and O–H groups in total. The molecule has 1 aromatic rings. The lowest BCUT2D eigenvalue weighted by Gasteiger charge is -2.14. The number of hydrogen-bond acceptors (Lipinski definition) is 2. The van der Waals surface area contributed by atoms with Gasteiger partial charge in [-0.1, -0.05) is 6.92 Å². The van der Waals surface area contributed by atoms with Gasteiger partial charge in [0.15, 0.2) is 0 Å². The van der Waals surface area contributed by atoms with Crippen molar-refractivity contribution in [3.63, 3.8) is 0 Å². The lowest BCUT2D eigenvalue weighted by Crippen LogP contribution is -2.03. The van der Waals surface area contributed by atoms with Crippen LogP contribution in [0, 0.1) is 12.7 Å². The Labute approximate surface area is 83.3 Å². The molecule has 14 heavy (non-hydrogen) atoms. The van der Waals surface area contributed by atoms with Crippen molar-refractivity contribution in [1.82, 2.24) is 0 Å². The number of hydrogen-bond donors (Lipinski definition) is 1. The number of rotatable bonds is 3. The fourth-order valence-corrected chi connectivity index (χ4v) is 1.50. The smallest absolute Gasteiger partial charge is 0.127 e. The highest BCUT2D eigenvalue weighted by molar-refractivity contribution is 5.41. The van der Waals surface area contributed by atoms with Gasteiger partial charge in [0.1, 0.15) is 11.6 Å². The zero-order valence-electron chi connectivity index (χ0n) is 8.67. The van der Waals surface area contributed by atoms with Crippen LogP contribution in [0.1, 0.15) is 24.0 Å². The molecule has 2 nitrogen and oxygen atoms in total. The zero-order valence-corrected chi connectivity index (χ0v) is 8.67. The standard InChI is InChI=1S/C11H15FO2/c1-7(6-13)10-4-9(12)5-11(14-3)8(10)2/h4-5,7,13H,6H2,1-3H3. The van der Waals surface area contributed by atoms with Crippen molar-refractivity contribution in [2.45, 2.75) is 19.8 Å². The molecule has 0 spiro atoms. The van der Waals surface area contributed by atoms with E-state index in [1.165, 1.54) is 19.2 Å². The predicted molar refractivity (Wildman–Crippen MR) is 53.2 cm³/mol. The minimum absolute atomic E-state index is 0.00739. The van der Waals surface area contributed by atoms with Crippen LogP contribution in [0.3, 0.4) is 0 Å². The summed E-state index contributed by atoms with van der Waals surface area (Å²) >= 11 is 0. The van der Waals surface area contributed by atoms with Crippen LogP contribution < -0.4 is 4.74 Å². The highest BCUT2D eigenvalue weighted by Crippen LogP contribution is 2.28. The molecule has 1 rings (SSSR count). The van der Waals surface area contributed by atoms with E-state index in [0.29, 0.717) is 5.75 Å². The van der Waals surface area contributed by atoms with Crippen molar-refractivity contribution in [3.8, 4) is 5.75 Å². The van der Waals surface area contributed by atoms with Crippen LogP contribution in [-0.4, -0.2) is 18.8 Å². The van der Waals surface area contributed by atoms with E-state index in [1.54, 1.807) is 0 Å². The molecule has 0 fully saturated rings. The van der Waals surface area contributed by atoms with Crippen molar-refractivity contribution in [2.24, 2.45) is 0 Å². The van der Waals surface area contributed by atoms with Crippen molar-refractivity contribution in [2.75, 3.05) is 13.7 Å². The van der Waals surface area contributed by atoms with Gasteiger partial charge in [-0.15, -0.1) is 0 Å². The van der Waals surface area contributed by atoms with Crippen LogP contribution in [0.2, 0.25) is 0 Å². The SMILES string of the molecule is COc1cc(F)cc(C(C)CO)c1C. The second-order valence-corrected chi connectivity index (χ2v) is 3.41. The van der Waals surface area contributed by atoms with Gasteiger partial charge in [0, 0.05) is 18.6 Å². The van der Waals surface area contributed by atoms with E-state index in [4.69, 9.17) is 9.84 Å². The maximum Gasteiger partial charge on any atom is 0.127 e. The molecule has 1 atom stereocenters. The molecule has 1 aromatic carbocycles. The Morgan fingerprint density at radius 1 is 1.50 bits per heavy atom. The van der Waals surface area contributed by atoms with Gasteiger partial charge >= 0.3 is 0 Å². The quantitative estimate of drug-likeness (QED) is 0.807. The number of aliphatic hydroxyl groups excluding tert-OH is 1. The van der Waals surface area contributed by atoms with Crippen molar-refractivity contribution in [1.29, 1.82) is 0 Å². The molecule has 0 radical (unpaired) electrons. The maximum atomic E-state index is 13.1. The molecule has 0 saturated heterocycles. The fourth-order valence-electron chi connectivity index (χ4n) is 1.50. The summed E-state index contributed by atoms with van der Waals surface area (Å²) in [5.74, 6) is 0.127. The number of halogens is 1. The summed E-state index contributed by atoms with van der Waals surface area (Å²) in [6.07, 6.45) is 0. The minimum atomic E-state index is -0.331. The van der Waals surface area contributed by atoms with Gasteiger partial charge in [-0.3, -0.25) is 0 Å². The van der Waals surface area contributed by atoms with E-state index in [1.807, 2.05) is 13.8 Å². The van der Waals surface area contributed by atoms with Crippen molar-refractivity contribution >= 4 is 0 Å². The second kappa shape index (κ2) is 4.42. The summed E-state index contributed by atoms with van der Waals surface area (Å²) in [6, 6.07) is 2.79. The third-order valence-electron chi connectivity index (χ3n) is 2.39. The van der Waals surface area contributed by atoms with Gasteiger partial charge in [-0.05, 0) is 24.1 Å². The van der Waals surface area contributed by atoms with Crippen LogP contribution in [0.25, 0.3) is 0 Å². The van der Waals surface area contributed by atoms with Crippen LogP contribution in [0.4, 0.5) is 4.39 Å². The van der Waals surface area contributed by atoms with Crippen LogP contribution in [0.15, 0.2) is 12.1 Å². The van der Waals surface area contributed by atoms with Crippen molar-refractivity contribution in [3.05, 3.63) is 29.1 Å². The first-order valence-electron chi connectivity index (χ1n) is 4.55. The van der Waals surface area contributed by atoms with Gasteiger partial charge < -0.3 is 9.84 Å². The normalized spacial score (nSPS) is 12.6. The lowest BCUT2D eigenvalue weighted by atomic mass is 9.96.